The third kappa shape index (κ3) is 2.05. The van der Waals surface area contributed by atoms with Crippen LogP contribution in [0, 0.1) is 10.1 Å². The van der Waals surface area contributed by atoms with Gasteiger partial charge in [0.1, 0.15) is 0 Å². The highest BCUT2D eigenvalue weighted by Crippen LogP contribution is 2.35. The van der Waals surface area contributed by atoms with Gasteiger partial charge in [0.25, 0.3) is 5.69 Å². The predicted molar refractivity (Wildman–Crippen MR) is 68.9 cm³/mol. The van der Waals surface area contributed by atoms with Crippen molar-refractivity contribution < 1.29 is 4.92 Å². The van der Waals surface area contributed by atoms with Crippen molar-refractivity contribution in [3.05, 3.63) is 28.3 Å². The summed E-state index contributed by atoms with van der Waals surface area (Å²) in [6.45, 7) is 7.90. The van der Waals surface area contributed by atoms with Crippen molar-refractivity contribution in [2.45, 2.75) is 13.8 Å². The lowest BCUT2D eigenvalue weighted by atomic mass is 10.1. The van der Waals surface area contributed by atoms with E-state index in [1.54, 1.807) is 12.1 Å². The Kier molecular flexibility index (Phi) is 3.17. The Bertz CT molecular complexity index is 434. The molecule has 0 fully saturated rings. The molecular weight excluding hydrogens is 218 g/mol. The van der Waals surface area contributed by atoms with Gasteiger partial charge in [-0.25, -0.2) is 0 Å². The highest BCUT2D eigenvalue weighted by Gasteiger charge is 2.22. The Morgan fingerprint density at radius 3 is 2.29 bits per heavy atom. The van der Waals surface area contributed by atoms with Crippen molar-refractivity contribution in [3.8, 4) is 0 Å². The minimum atomic E-state index is -0.334. The summed E-state index contributed by atoms with van der Waals surface area (Å²) in [7, 11) is 0. The third-order valence-electron chi connectivity index (χ3n) is 3.25. The lowest BCUT2D eigenvalue weighted by molar-refractivity contribution is -0.384. The summed E-state index contributed by atoms with van der Waals surface area (Å²) in [4.78, 5) is 14.9. The summed E-state index contributed by atoms with van der Waals surface area (Å²) < 4.78 is 0. The molecule has 5 nitrogen and oxygen atoms in total. The highest BCUT2D eigenvalue weighted by molar-refractivity contribution is 5.76. The van der Waals surface area contributed by atoms with E-state index in [-0.39, 0.29) is 10.6 Å². The van der Waals surface area contributed by atoms with Crippen LogP contribution in [0.5, 0.6) is 0 Å². The highest BCUT2D eigenvalue weighted by atomic mass is 16.6. The third-order valence-corrected chi connectivity index (χ3v) is 3.25. The van der Waals surface area contributed by atoms with Gasteiger partial charge in [-0.2, -0.15) is 0 Å². The Balaban J connectivity index is 2.46. The van der Waals surface area contributed by atoms with E-state index < -0.39 is 0 Å². The van der Waals surface area contributed by atoms with Gasteiger partial charge in [0.05, 0.1) is 16.3 Å². The number of anilines is 2. The van der Waals surface area contributed by atoms with Gasteiger partial charge in [-0.15, -0.1) is 0 Å². The van der Waals surface area contributed by atoms with Crippen LogP contribution in [0.15, 0.2) is 18.2 Å². The lowest BCUT2D eigenvalue weighted by Gasteiger charge is -2.37. The van der Waals surface area contributed by atoms with Crippen LogP contribution in [0.3, 0.4) is 0 Å². The van der Waals surface area contributed by atoms with E-state index >= 15 is 0 Å². The Morgan fingerprint density at radius 2 is 1.76 bits per heavy atom. The molecule has 0 spiro atoms. The second-order valence-corrected chi connectivity index (χ2v) is 4.09. The van der Waals surface area contributed by atoms with Crippen molar-refractivity contribution in [1.82, 2.24) is 0 Å². The second kappa shape index (κ2) is 4.61. The van der Waals surface area contributed by atoms with Gasteiger partial charge in [0.2, 0.25) is 0 Å². The monoisotopic (exact) mass is 235 g/mol. The molecule has 0 amide bonds. The molecule has 1 aromatic rings. The van der Waals surface area contributed by atoms with Gasteiger partial charge < -0.3 is 9.80 Å². The van der Waals surface area contributed by atoms with Crippen LogP contribution in [0.1, 0.15) is 13.8 Å². The minimum Gasteiger partial charge on any atom is -0.368 e. The second-order valence-electron chi connectivity index (χ2n) is 4.09. The molecule has 1 heterocycles. The zero-order valence-electron chi connectivity index (χ0n) is 10.2. The summed E-state index contributed by atoms with van der Waals surface area (Å²) in [6.07, 6.45) is 0. The summed E-state index contributed by atoms with van der Waals surface area (Å²) in [5.74, 6) is 0. The molecule has 0 aliphatic carbocycles. The number of nitro groups is 1. The normalized spacial score (nSPS) is 14.7. The molecule has 0 radical (unpaired) electrons. The lowest BCUT2D eigenvalue weighted by Crippen LogP contribution is -2.40. The maximum atomic E-state index is 10.8. The first-order valence-corrected chi connectivity index (χ1v) is 5.95. The molecule has 2 rings (SSSR count). The Labute approximate surface area is 101 Å². The smallest absolute Gasteiger partial charge is 0.271 e. The molecule has 0 atom stereocenters. The van der Waals surface area contributed by atoms with E-state index in [9.17, 15) is 10.1 Å². The van der Waals surface area contributed by atoms with Crippen molar-refractivity contribution in [2.24, 2.45) is 0 Å². The number of non-ortho nitro benzene ring substituents is 1. The summed E-state index contributed by atoms with van der Waals surface area (Å²) >= 11 is 0. The molecule has 0 saturated heterocycles. The topological polar surface area (TPSA) is 49.6 Å². The molecular formula is C12H17N3O2. The Hall–Kier alpha value is -1.78. The predicted octanol–water partition coefficient (Wildman–Crippen LogP) is 2.26. The summed E-state index contributed by atoms with van der Waals surface area (Å²) in [5.41, 5.74) is 2.25. The van der Waals surface area contributed by atoms with Crippen molar-refractivity contribution in [2.75, 3.05) is 36.0 Å². The molecule has 0 saturated carbocycles. The molecule has 92 valence electrons. The fourth-order valence-corrected chi connectivity index (χ4v) is 2.29. The van der Waals surface area contributed by atoms with Gasteiger partial charge in [-0.05, 0) is 19.9 Å². The van der Waals surface area contributed by atoms with Gasteiger partial charge in [-0.3, -0.25) is 10.1 Å². The number of fused-ring (bicyclic) bond motifs is 1. The van der Waals surface area contributed by atoms with Crippen LogP contribution >= 0.6 is 0 Å². The molecule has 1 aliphatic rings. The zero-order chi connectivity index (χ0) is 12.4. The van der Waals surface area contributed by atoms with E-state index in [1.807, 2.05) is 6.07 Å². The Morgan fingerprint density at radius 1 is 1.18 bits per heavy atom. The minimum absolute atomic E-state index is 0.167. The maximum Gasteiger partial charge on any atom is 0.271 e. The summed E-state index contributed by atoms with van der Waals surface area (Å²) in [5, 5.41) is 10.8. The average molecular weight is 235 g/mol. The van der Waals surface area contributed by atoms with E-state index in [2.05, 4.69) is 23.6 Å². The zero-order valence-corrected chi connectivity index (χ0v) is 10.2. The number of benzene rings is 1. The SMILES string of the molecule is CCN1CCN(CC)c2cc([N+](=O)[O-])ccc21. The van der Waals surface area contributed by atoms with E-state index in [4.69, 9.17) is 0 Å². The fraction of sp³-hybridized carbons (Fsp3) is 0.500. The van der Waals surface area contributed by atoms with Gasteiger partial charge >= 0.3 is 0 Å². The van der Waals surface area contributed by atoms with Gasteiger partial charge in [0.15, 0.2) is 0 Å². The molecule has 0 bridgehead atoms. The fourth-order valence-electron chi connectivity index (χ4n) is 2.29. The molecule has 0 aromatic heterocycles. The molecule has 1 aromatic carbocycles. The van der Waals surface area contributed by atoms with Crippen LogP contribution < -0.4 is 9.80 Å². The molecule has 0 unspecified atom stereocenters. The first kappa shape index (κ1) is 11.7. The van der Waals surface area contributed by atoms with E-state index in [0.717, 1.165) is 37.6 Å². The molecule has 17 heavy (non-hydrogen) atoms. The van der Waals surface area contributed by atoms with Crippen molar-refractivity contribution >= 4 is 17.1 Å². The standard InChI is InChI=1S/C12H17N3O2/c1-3-13-7-8-14(4-2)12-9-10(15(16)17)5-6-11(12)13/h5-6,9H,3-4,7-8H2,1-2H3. The van der Waals surface area contributed by atoms with E-state index in [0.29, 0.717) is 0 Å². The number of nitro benzene ring substituents is 1. The van der Waals surface area contributed by atoms with Crippen LogP contribution in [0.2, 0.25) is 0 Å². The van der Waals surface area contributed by atoms with E-state index in [1.165, 1.54) is 0 Å². The van der Waals surface area contributed by atoms with Crippen LogP contribution in [-0.2, 0) is 0 Å². The van der Waals surface area contributed by atoms with Crippen molar-refractivity contribution in [3.63, 3.8) is 0 Å². The summed E-state index contributed by atoms with van der Waals surface area (Å²) in [6, 6.07) is 5.13. The molecule has 1 aliphatic heterocycles. The van der Waals surface area contributed by atoms with Gasteiger partial charge in [-0.1, -0.05) is 0 Å². The molecule has 0 N–H and O–H groups in total. The quantitative estimate of drug-likeness (QED) is 0.595. The first-order valence-electron chi connectivity index (χ1n) is 5.95. The first-order chi connectivity index (χ1) is 8.17. The van der Waals surface area contributed by atoms with Gasteiger partial charge in [0, 0.05) is 38.3 Å². The van der Waals surface area contributed by atoms with Crippen molar-refractivity contribution in [1.29, 1.82) is 0 Å². The average Bonchev–Trinajstić information content (AvgIpc) is 2.36. The number of hydrogen-bond donors (Lipinski definition) is 0. The van der Waals surface area contributed by atoms with Crippen LogP contribution in [-0.4, -0.2) is 31.1 Å². The largest absolute Gasteiger partial charge is 0.368 e. The maximum absolute atomic E-state index is 10.8. The number of nitrogens with zero attached hydrogens (tertiary/aromatic N) is 3. The number of hydrogen-bond acceptors (Lipinski definition) is 4. The number of rotatable bonds is 3. The molecule has 5 heteroatoms. The van der Waals surface area contributed by atoms with Crippen LogP contribution in [0.4, 0.5) is 17.1 Å². The number of likely N-dealkylation sites (N-methyl/N-ethyl adjacent to an activating group) is 2. The van der Waals surface area contributed by atoms with Crippen LogP contribution in [0.25, 0.3) is 0 Å².